The van der Waals surface area contributed by atoms with Crippen LogP contribution in [-0.2, 0) is 13.5 Å². The molecule has 124 valence electrons. The van der Waals surface area contributed by atoms with Crippen LogP contribution >= 0.6 is 0 Å². The molecule has 0 saturated carbocycles. The van der Waals surface area contributed by atoms with Crippen LogP contribution in [0.4, 0.5) is 0 Å². The van der Waals surface area contributed by atoms with Crippen molar-refractivity contribution in [2.45, 2.75) is 25.5 Å². The van der Waals surface area contributed by atoms with Crippen molar-refractivity contribution in [2.75, 3.05) is 0 Å². The number of aliphatic hydroxyl groups excluding tert-OH is 1. The van der Waals surface area contributed by atoms with Gasteiger partial charge in [-0.05, 0) is 18.6 Å². The molecule has 0 aliphatic heterocycles. The van der Waals surface area contributed by atoms with Gasteiger partial charge in [0.2, 0.25) is 0 Å². The Bertz CT molecular complexity index is 845. The summed E-state index contributed by atoms with van der Waals surface area (Å²) in [6.45, 7) is 1.79. The predicted octanol–water partition coefficient (Wildman–Crippen LogP) is 1.69. The van der Waals surface area contributed by atoms with E-state index in [1.807, 2.05) is 37.4 Å². The van der Waals surface area contributed by atoms with E-state index in [4.69, 9.17) is 0 Å². The van der Waals surface area contributed by atoms with Crippen molar-refractivity contribution < 1.29 is 9.90 Å². The highest BCUT2D eigenvalue weighted by Gasteiger charge is 2.18. The molecular weight excluding hydrogens is 304 g/mol. The number of carbonyl (C=O) groups excluding carboxylic acids is 1. The van der Waals surface area contributed by atoms with E-state index in [9.17, 15) is 9.90 Å². The van der Waals surface area contributed by atoms with Gasteiger partial charge in [0.25, 0.3) is 5.91 Å². The largest absolute Gasteiger partial charge is 0.391 e. The second-order valence-corrected chi connectivity index (χ2v) is 5.94. The van der Waals surface area contributed by atoms with Gasteiger partial charge in [0, 0.05) is 19.7 Å². The van der Waals surface area contributed by atoms with Gasteiger partial charge in [0.15, 0.2) is 5.65 Å². The summed E-state index contributed by atoms with van der Waals surface area (Å²) in [4.78, 5) is 20.8. The molecule has 0 aliphatic carbocycles. The Morgan fingerprint density at radius 3 is 2.79 bits per heavy atom. The Morgan fingerprint density at radius 1 is 1.29 bits per heavy atom. The molecule has 0 fully saturated rings. The molecule has 2 heterocycles. The number of benzene rings is 1. The van der Waals surface area contributed by atoms with Crippen molar-refractivity contribution in [2.24, 2.45) is 7.05 Å². The van der Waals surface area contributed by atoms with Crippen LogP contribution in [-0.4, -0.2) is 37.7 Å². The fourth-order valence-electron chi connectivity index (χ4n) is 2.56. The van der Waals surface area contributed by atoms with Crippen LogP contribution in [0.15, 0.2) is 48.9 Å². The van der Waals surface area contributed by atoms with Gasteiger partial charge in [-0.2, -0.15) is 0 Å². The van der Waals surface area contributed by atoms with E-state index in [0.717, 1.165) is 11.2 Å². The molecule has 0 radical (unpaired) electrons. The first-order valence-corrected chi connectivity index (χ1v) is 7.84. The van der Waals surface area contributed by atoms with Gasteiger partial charge in [-0.3, -0.25) is 4.79 Å². The highest BCUT2D eigenvalue weighted by Crippen LogP contribution is 2.11. The average molecular weight is 324 g/mol. The molecule has 3 rings (SSSR count). The van der Waals surface area contributed by atoms with Gasteiger partial charge in [-0.25, -0.2) is 9.97 Å². The Kier molecular flexibility index (Phi) is 4.57. The van der Waals surface area contributed by atoms with E-state index < -0.39 is 6.10 Å². The molecule has 0 aliphatic rings. The number of amides is 1. The molecule has 2 unspecified atom stereocenters. The maximum Gasteiger partial charge on any atom is 0.253 e. The number of aliphatic hydroxyl groups is 1. The molecule has 2 atom stereocenters. The lowest BCUT2D eigenvalue weighted by Crippen LogP contribution is -2.42. The summed E-state index contributed by atoms with van der Waals surface area (Å²) in [7, 11) is 1.85. The fourth-order valence-corrected chi connectivity index (χ4v) is 2.56. The number of imidazole rings is 1. The minimum atomic E-state index is -0.664. The molecule has 2 N–H and O–H groups in total. The second kappa shape index (κ2) is 6.80. The molecule has 1 aromatic carbocycles. The third-order valence-corrected chi connectivity index (χ3v) is 4.04. The lowest BCUT2D eigenvalue weighted by Gasteiger charge is -2.20. The summed E-state index contributed by atoms with van der Waals surface area (Å²) in [5.74, 6) is -0.269. The molecule has 6 nitrogen and oxygen atoms in total. The summed E-state index contributed by atoms with van der Waals surface area (Å²) < 4.78 is 1.79. The maximum atomic E-state index is 12.4. The smallest absolute Gasteiger partial charge is 0.253 e. The van der Waals surface area contributed by atoms with Gasteiger partial charge in [0.05, 0.1) is 24.0 Å². The standard InChI is InChI=1S/C18H20N4O2/c1-12(16(23)8-13-6-4-3-5-7-13)21-18(24)14-9-15-17(19-10-14)22(2)11-20-15/h3-7,9-12,16,23H,8H2,1-2H3,(H,21,24). The average Bonchev–Trinajstić information content (AvgIpc) is 2.96. The third kappa shape index (κ3) is 3.44. The predicted molar refractivity (Wildman–Crippen MR) is 91.6 cm³/mol. The van der Waals surface area contributed by atoms with E-state index in [1.54, 1.807) is 23.9 Å². The van der Waals surface area contributed by atoms with Crippen LogP contribution in [0.3, 0.4) is 0 Å². The van der Waals surface area contributed by atoms with Crippen LogP contribution in [0.2, 0.25) is 0 Å². The number of hydrogen-bond donors (Lipinski definition) is 2. The molecule has 0 spiro atoms. The van der Waals surface area contributed by atoms with Gasteiger partial charge >= 0.3 is 0 Å². The number of fused-ring (bicyclic) bond motifs is 1. The van der Waals surface area contributed by atoms with Crippen LogP contribution in [0.5, 0.6) is 0 Å². The summed E-state index contributed by atoms with van der Waals surface area (Å²) in [6, 6.07) is 11.0. The van der Waals surface area contributed by atoms with Crippen molar-refractivity contribution >= 4 is 17.1 Å². The molecule has 2 aromatic heterocycles. The lowest BCUT2D eigenvalue weighted by atomic mass is 10.0. The summed E-state index contributed by atoms with van der Waals surface area (Å²) in [5.41, 5.74) is 2.86. The third-order valence-electron chi connectivity index (χ3n) is 4.04. The molecule has 24 heavy (non-hydrogen) atoms. The Hall–Kier alpha value is -2.73. The Labute approximate surface area is 140 Å². The van der Waals surface area contributed by atoms with E-state index >= 15 is 0 Å². The summed E-state index contributed by atoms with van der Waals surface area (Å²) in [6.07, 6.45) is 3.00. The minimum Gasteiger partial charge on any atom is -0.391 e. The van der Waals surface area contributed by atoms with E-state index in [2.05, 4.69) is 15.3 Å². The normalized spacial score (nSPS) is 13.6. The minimum absolute atomic E-state index is 0.269. The second-order valence-electron chi connectivity index (χ2n) is 5.94. The molecule has 0 saturated heterocycles. The zero-order valence-corrected chi connectivity index (χ0v) is 13.7. The first-order valence-electron chi connectivity index (χ1n) is 7.84. The quantitative estimate of drug-likeness (QED) is 0.748. The van der Waals surface area contributed by atoms with Crippen LogP contribution in [0, 0.1) is 0 Å². The number of nitrogens with one attached hydrogen (secondary N) is 1. The summed E-state index contributed by atoms with van der Waals surface area (Å²) in [5, 5.41) is 13.1. The van der Waals surface area contributed by atoms with Gasteiger partial charge in [-0.1, -0.05) is 30.3 Å². The number of hydrogen-bond acceptors (Lipinski definition) is 4. The number of aryl methyl sites for hydroxylation is 1. The topological polar surface area (TPSA) is 80.0 Å². The fraction of sp³-hybridized carbons (Fsp3) is 0.278. The van der Waals surface area contributed by atoms with Crippen LogP contribution < -0.4 is 5.32 Å². The van der Waals surface area contributed by atoms with E-state index in [-0.39, 0.29) is 11.9 Å². The highest BCUT2D eigenvalue weighted by molar-refractivity contribution is 5.96. The van der Waals surface area contributed by atoms with Gasteiger partial charge in [-0.15, -0.1) is 0 Å². The number of rotatable bonds is 5. The highest BCUT2D eigenvalue weighted by atomic mass is 16.3. The van der Waals surface area contributed by atoms with Crippen LogP contribution in [0.1, 0.15) is 22.8 Å². The van der Waals surface area contributed by atoms with Crippen LogP contribution in [0.25, 0.3) is 11.2 Å². The van der Waals surface area contributed by atoms with Crippen molar-refractivity contribution in [1.29, 1.82) is 0 Å². The number of aromatic nitrogens is 3. The van der Waals surface area contributed by atoms with Crippen molar-refractivity contribution in [1.82, 2.24) is 19.9 Å². The van der Waals surface area contributed by atoms with Crippen molar-refractivity contribution in [3.8, 4) is 0 Å². The molecular formula is C18H20N4O2. The molecule has 0 bridgehead atoms. The molecule has 6 heteroatoms. The summed E-state index contributed by atoms with van der Waals surface area (Å²) >= 11 is 0. The maximum absolute atomic E-state index is 12.4. The SMILES string of the molecule is CC(NC(=O)c1cnc2c(c1)ncn2C)C(O)Cc1ccccc1. The lowest BCUT2D eigenvalue weighted by molar-refractivity contribution is 0.0851. The number of nitrogens with zero attached hydrogens (tertiary/aromatic N) is 3. The first-order chi connectivity index (χ1) is 11.5. The zero-order valence-electron chi connectivity index (χ0n) is 13.7. The zero-order chi connectivity index (χ0) is 17.1. The molecule has 3 aromatic rings. The Balaban J connectivity index is 1.66. The van der Waals surface area contributed by atoms with E-state index in [0.29, 0.717) is 17.5 Å². The van der Waals surface area contributed by atoms with Crippen molar-refractivity contribution in [3.63, 3.8) is 0 Å². The van der Waals surface area contributed by atoms with Gasteiger partial charge < -0.3 is 15.0 Å². The first kappa shape index (κ1) is 16.1. The molecule has 1 amide bonds. The van der Waals surface area contributed by atoms with Gasteiger partial charge in [0.1, 0.15) is 5.52 Å². The Morgan fingerprint density at radius 2 is 2.04 bits per heavy atom. The number of pyridine rings is 1. The number of carbonyl (C=O) groups is 1. The monoisotopic (exact) mass is 324 g/mol. The van der Waals surface area contributed by atoms with Crippen molar-refractivity contribution in [3.05, 3.63) is 60.0 Å². The van der Waals surface area contributed by atoms with E-state index in [1.165, 1.54) is 6.20 Å².